The Morgan fingerprint density at radius 2 is 2.00 bits per heavy atom. The van der Waals surface area contributed by atoms with Crippen molar-refractivity contribution in [1.82, 2.24) is 5.43 Å². The molecule has 2 N–H and O–H groups in total. The Kier molecular flexibility index (Phi) is 6.17. The highest BCUT2D eigenvalue weighted by atomic mass is 79.9. The fraction of sp³-hybridized carbons (Fsp3) is 0.176. The van der Waals surface area contributed by atoms with Gasteiger partial charge in [0.2, 0.25) is 0 Å². The van der Waals surface area contributed by atoms with Gasteiger partial charge in [0, 0.05) is 10.2 Å². The number of rotatable bonds is 6. The van der Waals surface area contributed by atoms with Gasteiger partial charge in [-0.3, -0.25) is 4.79 Å². The van der Waals surface area contributed by atoms with E-state index in [0.717, 1.165) is 21.5 Å². The zero-order chi connectivity index (χ0) is 16.7. The molecule has 6 heteroatoms. The van der Waals surface area contributed by atoms with Gasteiger partial charge in [0.25, 0.3) is 5.91 Å². The summed E-state index contributed by atoms with van der Waals surface area (Å²) in [5.74, 6) is 0.554. The van der Waals surface area contributed by atoms with Gasteiger partial charge in [0.05, 0.1) is 13.3 Å². The summed E-state index contributed by atoms with van der Waals surface area (Å²) in [6.07, 6.45) is 1.60. The molecule has 0 saturated heterocycles. The number of hydrogen-bond acceptors (Lipinski definition) is 4. The molecule has 0 aromatic heterocycles. The standard InChI is InChI=1S/C17H18BrN3O2/c1-12(20-15-6-8-16(23-2)9-7-15)17(22)21-19-11-13-4-3-5-14(18)10-13/h3-12,20H,1-2H3,(H,21,22)/b19-11+. The topological polar surface area (TPSA) is 62.7 Å². The van der Waals surface area contributed by atoms with E-state index in [4.69, 9.17) is 4.74 Å². The van der Waals surface area contributed by atoms with Gasteiger partial charge in [-0.05, 0) is 48.9 Å². The highest BCUT2D eigenvalue weighted by molar-refractivity contribution is 9.10. The number of methoxy groups -OCH3 is 1. The first-order chi connectivity index (χ1) is 11.1. The van der Waals surface area contributed by atoms with Gasteiger partial charge in [-0.25, -0.2) is 5.43 Å². The molecule has 0 spiro atoms. The van der Waals surface area contributed by atoms with Crippen LogP contribution in [0.1, 0.15) is 12.5 Å². The van der Waals surface area contributed by atoms with Crippen molar-refractivity contribution in [2.75, 3.05) is 12.4 Å². The van der Waals surface area contributed by atoms with Crippen LogP contribution < -0.4 is 15.5 Å². The highest BCUT2D eigenvalue weighted by Crippen LogP contribution is 2.15. The number of halogens is 1. The molecule has 2 aromatic rings. The molecule has 2 aromatic carbocycles. The zero-order valence-electron chi connectivity index (χ0n) is 12.9. The van der Waals surface area contributed by atoms with Crippen molar-refractivity contribution in [3.63, 3.8) is 0 Å². The van der Waals surface area contributed by atoms with Crippen molar-refractivity contribution >= 4 is 33.7 Å². The average Bonchev–Trinajstić information content (AvgIpc) is 2.55. The molecule has 0 saturated carbocycles. The fourth-order valence-electron chi connectivity index (χ4n) is 1.86. The Hall–Kier alpha value is -2.34. The van der Waals surface area contributed by atoms with Crippen LogP contribution in [0.5, 0.6) is 5.75 Å². The van der Waals surface area contributed by atoms with Crippen molar-refractivity contribution in [2.45, 2.75) is 13.0 Å². The third-order valence-electron chi connectivity index (χ3n) is 3.10. The Bertz CT molecular complexity index is 686. The number of hydrazone groups is 1. The third-order valence-corrected chi connectivity index (χ3v) is 3.60. The molecule has 0 bridgehead atoms. The molecule has 0 aliphatic rings. The summed E-state index contributed by atoms with van der Waals surface area (Å²) in [6.45, 7) is 1.77. The molecule has 0 radical (unpaired) electrons. The lowest BCUT2D eigenvalue weighted by molar-refractivity contribution is -0.121. The minimum atomic E-state index is -0.414. The van der Waals surface area contributed by atoms with Gasteiger partial charge in [-0.2, -0.15) is 5.10 Å². The lowest BCUT2D eigenvalue weighted by Crippen LogP contribution is -2.34. The van der Waals surface area contributed by atoms with Crippen LogP contribution in [0.15, 0.2) is 58.1 Å². The van der Waals surface area contributed by atoms with Crippen LogP contribution in [0, 0.1) is 0 Å². The maximum absolute atomic E-state index is 12.0. The molecule has 1 amide bonds. The minimum absolute atomic E-state index is 0.216. The fourth-order valence-corrected chi connectivity index (χ4v) is 2.27. The predicted molar refractivity (Wildman–Crippen MR) is 96.0 cm³/mol. The summed E-state index contributed by atoms with van der Waals surface area (Å²) < 4.78 is 6.06. The Labute approximate surface area is 143 Å². The third kappa shape index (κ3) is 5.41. The molecule has 5 nitrogen and oxygen atoms in total. The number of benzene rings is 2. The normalized spacial score (nSPS) is 12.0. The van der Waals surface area contributed by atoms with Crippen LogP contribution in [-0.2, 0) is 4.79 Å². The molecule has 120 valence electrons. The Morgan fingerprint density at radius 1 is 1.26 bits per heavy atom. The summed E-state index contributed by atoms with van der Waals surface area (Å²) >= 11 is 3.39. The summed E-state index contributed by atoms with van der Waals surface area (Å²) in [7, 11) is 1.61. The van der Waals surface area contributed by atoms with E-state index >= 15 is 0 Å². The number of amides is 1. The molecule has 23 heavy (non-hydrogen) atoms. The zero-order valence-corrected chi connectivity index (χ0v) is 14.5. The molecular formula is C17H18BrN3O2. The first kappa shape index (κ1) is 17.0. The minimum Gasteiger partial charge on any atom is -0.497 e. The number of nitrogens with one attached hydrogen (secondary N) is 2. The SMILES string of the molecule is COc1ccc(NC(C)C(=O)N/N=C/c2cccc(Br)c2)cc1. The molecule has 0 aliphatic carbocycles. The highest BCUT2D eigenvalue weighted by Gasteiger charge is 2.11. The van der Waals surface area contributed by atoms with E-state index in [9.17, 15) is 4.79 Å². The van der Waals surface area contributed by atoms with Crippen LogP contribution in [0.3, 0.4) is 0 Å². The summed E-state index contributed by atoms with van der Waals surface area (Å²) in [5, 5.41) is 7.07. The molecule has 1 atom stereocenters. The molecule has 0 fully saturated rings. The molecule has 2 rings (SSSR count). The lowest BCUT2D eigenvalue weighted by atomic mass is 10.2. The van der Waals surface area contributed by atoms with E-state index in [2.05, 4.69) is 31.8 Å². The first-order valence-corrected chi connectivity index (χ1v) is 7.87. The molecule has 0 aliphatic heterocycles. The number of ether oxygens (including phenoxy) is 1. The van der Waals surface area contributed by atoms with Crippen molar-refractivity contribution < 1.29 is 9.53 Å². The monoisotopic (exact) mass is 375 g/mol. The molecule has 1 unspecified atom stereocenters. The number of hydrogen-bond donors (Lipinski definition) is 2. The summed E-state index contributed by atoms with van der Waals surface area (Å²) in [6, 6.07) is 14.6. The van der Waals surface area contributed by atoms with Gasteiger partial charge in [-0.1, -0.05) is 28.1 Å². The largest absolute Gasteiger partial charge is 0.497 e. The number of carbonyl (C=O) groups excluding carboxylic acids is 1. The second kappa shape index (κ2) is 8.33. The lowest BCUT2D eigenvalue weighted by Gasteiger charge is -2.13. The van der Waals surface area contributed by atoms with Crippen molar-refractivity contribution in [2.24, 2.45) is 5.10 Å². The second-order valence-electron chi connectivity index (χ2n) is 4.88. The summed E-state index contributed by atoms with van der Waals surface area (Å²) in [4.78, 5) is 12.0. The van der Waals surface area contributed by atoms with Crippen molar-refractivity contribution in [3.05, 3.63) is 58.6 Å². The van der Waals surface area contributed by atoms with Crippen molar-refractivity contribution in [1.29, 1.82) is 0 Å². The average molecular weight is 376 g/mol. The maximum atomic E-state index is 12.0. The van der Waals surface area contributed by atoms with Gasteiger partial charge in [-0.15, -0.1) is 0 Å². The number of carbonyl (C=O) groups is 1. The smallest absolute Gasteiger partial charge is 0.262 e. The van der Waals surface area contributed by atoms with Gasteiger partial charge < -0.3 is 10.1 Å². The van der Waals surface area contributed by atoms with Gasteiger partial charge in [0.15, 0.2) is 0 Å². The van der Waals surface area contributed by atoms with Gasteiger partial charge in [0.1, 0.15) is 11.8 Å². The van der Waals surface area contributed by atoms with Crippen LogP contribution in [-0.4, -0.2) is 25.3 Å². The molecular weight excluding hydrogens is 358 g/mol. The van der Waals surface area contributed by atoms with E-state index in [1.807, 2.05) is 48.5 Å². The Morgan fingerprint density at radius 3 is 2.65 bits per heavy atom. The maximum Gasteiger partial charge on any atom is 0.262 e. The Balaban J connectivity index is 1.86. The number of anilines is 1. The van der Waals surface area contributed by atoms with E-state index in [1.165, 1.54) is 0 Å². The number of nitrogens with zero attached hydrogens (tertiary/aromatic N) is 1. The van der Waals surface area contributed by atoms with E-state index in [0.29, 0.717) is 0 Å². The van der Waals surface area contributed by atoms with Crippen LogP contribution in [0.4, 0.5) is 5.69 Å². The molecule has 0 heterocycles. The first-order valence-electron chi connectivity index (χ1n) is 7.07. The summed E-state index contributed by atoms with van der Waals surface area (Å²) in [5.41, 5.74) is 4.26. The predicted octanol–water partition coefficient (Wildman–Crippen LogP) is 3.41. The van der Waals surface area contributed by atoms with E-state index in [1.54, 1.807) is 20.2 Å². The quantitative estimate of drug-likeness (QED) is 0.600. The van der Waals surface area contributed by atoms with Crippen LogP contribution in [0.25, 0.3) is 0 Å². The van der Waals surface area contributed by atoms with Crippen LogP contribution >= 0.6 is 15.9 Å². The van der Waals surface area contributed by atoms with Gasteiger partial charge >= 0.3 is 0 Å². The van der Waals surface area contributed by atoms with E-state index in [-0.39, 0.29) is 5.91 Å². The van der Waals surface area contributed by atoms with Crippen LogP contribution in [0.2, 0.25) is 0 Å². The van der Waals surface area contributed by atoms with Crippen molar-refractivity contribution in [3.8, 4) is 5.75 Å². The van der Waals surface area contributed by atoms with E-state index < -0.39 is 6.04 Å². The second-order valence-corrected chi connectivity index (χ2v) is 5.80.